The van der Waals surface area contributed by atoms with Crippen LogP contribution in [-0.2, 0) is 0 Å². The van der Waals surface area contributed by atoms with E-state index in [1.165, 1.54) is 0 Å². The topological polar surface area (TPSA) is 41.5 Å². The number of ether oxygens (including phenoxy) is 1. The van der Waals surface area contributed by atoms with Crippen LogP contribution in [0.5, 0.6) is 5.75 Å². The molecule has 96 valence electrons. The number of halogens is 1. The van der Waals surface area contributed by atoms with Crippen molar-refractivity contribution in [3.63, 3.8) is 0 Å². The van der Waals surface area contributed by atoms with Gasteiger partial charge in [-0.25, -0.2) is 0 Å². The van der Waals surface area contributed by atoms with Gasteiger partial charge in [-0.05, 0) is 25.0 Å². The fraction of sp³-hybridized carbons (Fsp3) is 0.538. The van der Waals surface area contributed by atoms with Gasteiger partial charge in [-0.2, -0.15) is 0 Å². The van der Waals surface area contributed by atoms with E-state index in [2.05, 4.69) is 5.32 Å². The van der Waals surface area contributed by atoms with Crippen LogP contribution in [0.4, 0.5) is 5.69 Å². The van der Waals surface area contributed by atoms with Crippen molar-refractivity contribution in [1.82, 2.24) is 0 Å². The van der Waals surface area contributed by atoms with Crippen LogP contribution in [0.25, 0.3) is 0 Å². The summed E-state index contributed by atoms with van der Waals surface area (Å²) in [6.07, 6.45) is 0. The fourth-order valence-corrected chi connectivity index (χ4v) is 1.45. The summed E-state index contributed by atoms with van der Waals surface area (Å²) in [6.45, 7) is 6.28. The molecule has 1 aromatic rings. The average Bonchev–Trinajstić information content (AvgIpc) is 2.28. The van der Waals surface area contributed by atoms with Crippen molar-refractivity contribution in [1.29, 1.82) is 0 Å². The highest BCUT2D eigenvalue weighted by molar-refractivity contribution is 6.32. The van der Waals surface area contributed by atoms with Crippen molar-refractivity contribution < 1.29 is 9.84 Å². The van der Waals surface area contributed by atoms with E-state index in [0.717, 1.165) is 5.69 Å². The Morgan fingerprint density at radius 2 is 2.12 bits per heavy atom. The van der Waals surface area contributed by atoms with Gasteiger partial charge in [0.2, 0.25) is 0 Å². The highest BCUT2D eigenvalue weighted by atomic mass is 35.5. The second-order valence-corrected chi connectivity index (χ2v) is 5.12. The van der Waals surface area contributed by atoms with E-state index >= 15 is 0 Å². The lowest BCUT2D eigenvalue weighted by Gasteiger charge is -2.28. The lowest BCUT2D eigenvalue weighted by molar-refractivity contribution is 0.0266. The second kappa shape index (κ2) is 5.61. The van der Waals surface area contributed by atoms with Gasteiger partial charge in [0.1, 0.15) is 5.75 Å². The monoisotopic (exact) mass is 257 g/mol. The summed E-state index contributed by atoms with van der Waals surface area (Å²) in [4.78, 5) is 0. The Morgan fingerprint density at radius 3 is 2.65 bits per heavy atom. The van der Waals surface area contributed by atoms with Crippen LogP contribution in [0.3, 0.4) is 0 Å². The van der Waals surface area contributed by atoms with Crippen LogP contribution in [0.1, 0.15) is 20.8 Å². The maximum atomic E-state index is 10.1. The van der Waals surface area contributed by atoms with E-state index < -0.39 is 5.60 Å². The van der Waals surface area contributed by atoms with E-state index in [9.17, 15) is 5.11 Å². The van der Waals surface area contributed by atoms with Crippen LogP contribution in [0.2, 0.25) is 5.02 Å². The Morgan fingerprint density at radius 1 is 1.47 bits per heavy atom. The number of nitrogens with one attached hydrogen (secondary N) is 1. The second-order valence-electron chi connectivity index (χ2n) is 4.71. The third kappa shape index (κ3) is 3.79. The molecule has 0 radical (unpaired) electrons. The van der Waals surface area contributed by atoms with Crippen molar-refractivity contribution in [3.8, 4) is 5.75 Å². The molecule has 0 bridgehead atoms. The van der Waals surface area contributed by atoms with Crippen LogP contribution in [-0.4, -0.2) is 24.4 Å². The molecule has 1 aromatic carbocycles. The summed E-state index contributed by atoms with van der Waals surface area (Å²) in [5, 5.41) is 13.9. The molecule has 0 aliphatic rings. The maximum absolute atomic E-state index is 10.1. The Kier molecular flexibility index (Phi) is 4.66. The summed E-state index contributed by atoms with van der Waals surface area (Å²) >= 11 is 5.93. The number of methoxy groups -OCH3 is 1. The largest absolute Gasteiger partial charge is 0.495 e. The summed E-state index contributed by atoms with van der Waals surface area (Å²) < 4.78 is 5.13. The summed E-state index contributed by atoms with van der Waals surface area (Å²) in [7, 11) is 1.58. The quantitative estimate of drug-likeness (QED) is 0.851. The number of rotatable bonds is 5. The third-order valence-electron chi connectivity index (χ3n) is 3.05. The maximum Gasteiger partial charge on any atom is 0.139 e. The van der Waals surface area contributed by atoms with E-state index in [0.29, 0.717) is 17.3 Å². The summed E-state index contributed by atoms with van der Waals surface area (Å²) in [5.41, 5.74) is 0.138. The molecule has 17 heavy (non-hydrogen) atoms. The van der Waals surface area contributed by atoms with E-state index in [4.69, 9.17) is 16.3 Å². The molecule has 0 fully saturated rings. The fourth-order valence-electron chi connectivity index (χ4n) is 1.25. The molecule has 1 rings (SSSR count). The molecule has 0 aromatic heterocycles. The molecule has 3 nitrogen and oxygen atoms in total. The van der Waals surface area contributed by atoms with Gasteiger partial charge >= 0.3 is 0 Å². The lowest BCUT2D eigenvalue weighted by atomic mass is 9.92. The van der Waals surface area contributed by atoms with Gasteiger partial charge in [0.25, 0.3) is 0 Å². The molecule has 0 saturated heterocycles. The zero-order valence-corrected chi connectivity index (χ0v) is 11.5. The van der Waals surface area contributed by atoms with Crippen LogP contribution in [0, 0.1) is 5.92 Å². The molecule has 2 N–H and O–H groups in total. The Labute approximate surface area is 108 Å². The predicted octanol–water partition coefficient (Wildman–Crippen LogP) is 3.17. The van der Waals surface area contributed by atoms with Gasteiger partial charge in [-0.15, -0.1) is 0 Å². The van der Waals surface area contributed by atoms with E-state index in [1.54, 1.807) is 13.2 Å². The molecule has 0 aliphatic heterocycles. The molecule has 0 saturated carbocycles. The molecule has 1 unspecified atom stereocenters. The first kappa shape index (κ1) is 14.1. The number of hydrogen-bond donors (Lipinski definition) is 2. The Balaban J connectivity index is 2.70. The van der Waals surface area contributed by atoms with Crippen molar-refractivity contribution in [2.75, 3.05) is 19.0 Å². The number of hydrogen-bond acceptors (Lipinski definition) is 3. The highest BCUT2D eigenvalue weighted by Crippen LogP contribution is 2.28. The molecule has 0 aliphatic carbocycles. The first-order chi connectivity index (χ1) is 7.86. The van der Waals surface area contributed by atoms with E-state index in [-0.39, 0.29) is 5.92 Å². The van der Waals surface area contributed by atoms with Crippen molar-refractivity contribution in [2.24, 2.45) is 5.92 Å². The summed E-state index contributed by atoms with van der Waals surface area (Å²) in [6, 6.07) is 5.45. The van der Waals surface area contributed by atoms with Gasteiger partial charge in [0, 0.05) is 18.3 Å². The molecule has 4 heteroatoms. The standard InChI is InChI=1S/C13H20ClNO2/c1-9(2)13(3,16)8-15-10-5-6-11(14)12(7-10)17-4/h5-7,9,15-16H,8H2,1-4H3. The first-order valence-electron chi connectivity index (χ1n) is 5.66. The number of benzene rings is 1. The van der Waals surface area contributed by atoms with Crippen LogP contribution < -0.4 is 10.1 Å². The van der Waals surface area contributed by atoms with Crippen LogP contribution in [0.15, 0.2) is 18.2 Å². The van der Waals surface area contributed by atoms with Gasteiger partial charge in [-0.3, -0.25) is 0 Å². The minimum absolute atomic E-state index is 0.184. The van der Waals surface area contributed by atoms with Gasteiger partial charge < -0.3 is 15.2 Å². The minimum atomic E-state index is -0.743. The van der Waals surface area contributed by atoms with Gasteiger partial charge in [0.15, 0.2) is 0 Å². The van der Waals surface area contributed by atoms with Crippen molar-refractivity contribution in [3.05, 3.63) is 23.2 Å². The molecule has 0 amide bonds. The molecule has 0 spiro atoms. The van der Waals surface area contributed by atoms with Crippen LogP contribution >= 0.6 is 11.6 Å². The van der Waals surface area contributed by atoms with E-state index in [1.807, 2.05) is 32.9 Å². The molecular weight excluding hydrogens is 238 g/mol. The zero-order chi connectivity index (χ0) is 13.1. The van der Waals surface area contributed by atoms with Crippen molar-refractivity contribution >= 4 is 17.3 Å². The average molecular weight is 258 g/mol. The number of anilines is 1. The van der Waals surface area contributed by atoms with Crippen molar-refractivity contribution in [2.45, 2.75) is 26.4 Å². The van der Waals surface area contributed by atoms with Gasteiger partial charge in [0.05, 0.1) is 17.7 Å². The Hall–Kier alpha value is -0.930. The third-order valence-corrected chi connectivity index (χ3v) is 3.36. The lowest BCUT2D eigenvalue weighted by Crippen LogP contribution is -2.38. The molecular formula is C13H20ClNO2. The number of aliphatic hydroxyl groups is 1. The highest BCUT2D eigenvalue weighted by Gasteiger charge is 2.24. The Bertz CT molecular complexity index is 378. The normalized spacial score (nSPS) is 14.5. The smallest absolute Gasteiger partial charge is 0.139 e. The molecule has 0 heterocycles. The predicted molar refractivity (Wildman–Crippen MR) is 72.0 cm³/mol. The minimum Gasteiger partial charge on any atom is -0.495 e. The SMILES string of the molecule is COc1cc(NCC(C)(O)C(C)C)ccc1Cl. The summed E-state index contributed by atoms with van der Waals surface area (Å²) in [5.74, 6) is 0.810. The first-order valence-corrected chi connectivity index (χ1v) is 6.04. The zero-order valence-electron chi connectivity index (χ0n) is 10.7. The molecule has 1 atom stereocenters. The van der Waals surface area contributed by atoms with Gasteiger partial charge in [-0.1, -0.05) is 25.4 Å².